The first-order valence-corrected chi connectivity index (χ1v) is 7.34. The van der Waals surface area contributed by atoms with Crippen molar-refractivity contribution >= 4 is 0 Å². The van der Waals surface area contributed by atoms with Gasteiger partial charge in [0.1, 0.15) is 0 Å². The highest BCUT2D eigenvalue weighted by Crippen LogP contribution is 2.08. The van der Waals surface area contributed by atoms with Crippen molar-refractivity contribution < 1.29 is 0 Å². The second-order valence-electron chi connectivity index (χ2n) is 5.07. The average Bonchev–Trinajstić information content (AvgIpc) is 2.69. The first-order valence-electron chi connectivity index (χ1n) is 7.34. The Labute approximate surface area is 110 Å². The van der Waals surface area contributed by atoms with Crippen LogP contribution in [0.2, 0.25) is 0 Å². The maximum Gasteiger partial charge on any atom is 0.0521 e. The van der Waals surface area contributed by atoms with Gasteiger partial charge < -0.3 is 10.2 Å². The van der Waals surface area contributed by atoms with E-state index in [2.05, 4.69) is 33.0 Å². The van der Waals surface area contributed by atoms with E-state index in [4.69, 9.17) is 0 Å². The summed E-state index contributed by atoms with van der Waals surface area (Å²) < 4.78 is 2.05. The lowest BCUT2D eigenvalue weighted by Gasteiger charge is -2.19. The number of rotatable bonds is 6. The van der Waals surface area contributed by atoms with Gasteiger partial charge in [0, 0.05) is 32.4 Å². The van der Waals surface area contributed by atoms with Crippen LogP contribution in [0, 0.1) is 0 Å². The molecule has 1 fully saturated rings. The molecule has 2 rings (SSSR count). The fourth-order valence-electron chi connectivity index (χ4n) is 2.61. The molecule has 0 spiro atoms. The van der Waals surface area contributed by atoms with Crippen molar-refractivity contribution in [1.29, 1.82) is 0 Å². The Bertz CT molecular complexity index is 326. The van der Waals surface area contributed by atoms with Crippen molar-refractivity contribution in [2.24, 2.45) is 0 Å². The SMILES string of the molecule is CCn1nccc1CNCCN1CCCCCC1. The molecule has 102 valence electrons. The largest absolute Gasteiger partial charge is 0.310 e. The third-order valence-electron chi connectivity index (χ3n) is 3.71. The highest BCUT2D eigenvalue weighted by Gasteiger charge is 2.08. The van der Waals surface area contributed by atoms with Crippen molar-refractivity contribution in [3.63, 3.8) is 0 Å². The molecule has 0 aromatic carbocycles. The van der Waals surface area contributed by atoms with Gasteiger partial charge in [-0.25, -0.2) is 0 Å². The minimum absolute atomic E-state index is 0.932. The standard InChI is InChI=1S/C14H26N4/c1-2-18-14(7-8-16-18)13-15-9-12-17-10-5-3-4-6-11-17/h7-8,15H,2-6,9-13H2,1H3. The number of aromatic nitrogens is 2. The summed E-state index contributed by atoms with van der Waals surface area (Å²) in [6.07, 6.45) is 7.47. The highest BCUT2D eigenvalue weighted by atomic mass is 15.3. The van der Waals surface area contributed by atoms with Crippen molar-refractivity contribution in [3.8, 4) is 0 Å². The van der Waals surface area contributed by atoms with E-state index >= 15 is 0 Å². The minimum atomic E-state index is 0.932. The van der Waals surface area contributed by atoms with E-state index in [1.165, 1.54) is 51.0 Å². The predicted octanol–water partition coefficient (Wildman–Crippen LogP) is 1.87. The van der Waals surface area contributed by atoms with Gasteiger partial charge in [0.25, 0.3) is 0 Å². The van der Waals surface area contributed by atoms with Crippen LogP contribution < -0.4 is 5.32 Å². The zero-order valence-corrected chi connectivity index (χ0v) is 11.6. The van der Waals surface area contributed by atoms with E-state index in [-0.39, 0.29) is 0 Å². The van der Waals surface area contributed by atoms with E-state index in [1.54, 1.807) is 0 Å². The van der Waals surface area contributed by atoms with Crippen molar-refractivity contribution in [1.82, 2.24) is 20.0 Å². The average molecular weight is 250 g/mol. The van der Waals surface area contributed by atoms with Gasteiger partial charge in [-0.15, -0.1) is 0 Å². The van der Waals surface area contributed by atoms with Gasteiger partial charge in [0.15, 0.2) is 0 Å². The number of aryl methyl sites for hydroxylation is 1. The summed E-state index contributed by atoms with van der Waals surface area (Å²) in [6.45, 7) is 8.85. The van der Waals surface area contributed by atoms with Gasteiger partial charge in [0.05, 0.1) is 5.69 Å². The summed E-state index contributed by atoms with van der Waals surface area (Å²) in [7, 11) is 0. The maximum atomic E-state index is 4.28. The molecule has 0 unspecified atom stereocenters. The summed E-state index contributed by atoms with van der Waals surface area (Å²) in [5.74, 6) is 0. The molecular weight excluding hydrogens is 224 g/mol. The van der Waals surface area contributed by atoms with Gasteiger partial charge in [-0.1, -0.05) is 12.8 Å². The van der Waals surface area contributed by atoms with E-state index in [0.29, 0.717) is 0 Å². The lowest BCUT2D eigenvalue weighted by molar-refractivity contribution is 0.283. The Morgan fingerprint density at radius 3 is 2.72 bits per heavy atom. The monoisotopic (exact) mass is 250 g/mol. The Morgan fingerprint density at radius 2 is 2.00 bits per heavy atom. The van der Waals surface area contributed by atoms with Gasteiger partial charge in [-0.3, -0.25) is 4.68 Å². The summed E-state index contributed by atoms with van der Waals surface area (Å²) >= 11 is 0. The summed E-state index contributed by atoms with van der Waals surface area (Å²) in [5.41, 5.74) is 1.29. The molecule has 0 radical (unpaired) electrons. The number of nitrogens with zero attached hydrogens (tertiary/aromatic N) is 3. The Balaban J connectivity index is 1.63. The fraction of sp³-hybridized carbons (Fsp3) is 0.786. The quantitative estimate of drug-likeness (QED) is 0.782. The van der Waals surface area contributed by atoms with E-state index in [9.17, 15) is 0 Å². The van der Waals surface area contributed by atoms with Crippen LogP contribution >= 0.6 is 0 Å². The Hall–Kier alpha value is -0.870. The van der Waals surface area contributed by atoms with Gasteiger partial charge in [0.2, 0.25) is 0 Å². The van der Waals surface area contributed by atoms with Crippen LogP contribution in [0.15, 0.2) is 12.3 Å². The molecule has 4 heteroatoms. The zero-order chi connectivity index (χ0) is 12.6. The molecule has 0 aliphatic carbocycles. The lowest BCUT2D eigenvalue weighted by atomic mass is 10.2. The van der Waals surface area contributed by atoms with Crippen LogP contribution in [-0.4, -0.2) is 40.9 Å². The third-order valence-corrected chi connectivity index (χ3v) is 3.71. The van der Waals surface area contributed by atoms with Crippen LogP contribution in [0.4, 0.5) is 0 Å². The minimum Gasteiger partial charge on any atom is -0.310 e. The number of nitrogens with one attached hydrogen (secondary N) is 1. The van der Waals surface area contributed by atoms with Crippen LogP contribution in [0.1, 0.15) is 38.3 Å². The molecule has 1 aromatic heterocycles. The predicted molar refractivity (Wildman–Crippen MR) is 74.5 cm³/mol. The summed E-state index contributed by atoms with van der Waals surface area (Å²) in [6, 6.07) is 2.10. The van der Waals surface area contributed by atoms with E-state index in [1.807, 2.05) is 6.20 Å². The lowest BCUT2D eigenvalue weighted by Crippen LogP contribution is -2.33. The number of likely N-dealkylation sites (tertiary alicyclic amines) is 1. The molecule has 2 heterocycles. The van der Waals surface area contributed by atoms with Gasteiger partial charge in [-0.2, -0.15) is 5.10 Å². The molecular formula is C14H26N4. The summed E-state index contributed by atoms with van der Waals surface area (Å²) in [5, 5.41) is 7.81. The molecule has 1 aliphatic rings. The fourth-order valence-corrected chi connectivity index (χ4v) is 2.61. The van der Waals surface area contributed by atoms with Gasteiger partial charge in [-0.05, 0) is 38.9 Å². The zero-order valence-electron chi connectivity index (χ0n) is 11.6. The molecule has 4 nitrogen and oxygen atoms in total. The normalized spacial score (nSPS) is 17.8. The number of hydrogen-bond acceptors (Lipinski definition) is 3. The topological polar surface area (TPSA) is 33.1 Å². The van der Waals surface area contributed by atoms with Crippen LogP contribution in [0.25, 0.3) is 0 Å². The van der Waals surface area contributed by atoms with Crippen molar-refractivity contribution in [2.75, 3.05) is 26.2 Å². The molecule has 18 heavy (non-hydrogen) atoms. The molecule has 1 aromatic rings. The molecule has 1 saturated heterocycles. The van der Waals surface area contributed by atoms with E-state index < -0.39 is 0 Å². The highest BCUT2D eigenvalue weighted by molar-refractivity contribution is 4.99. The first-order chi connectivity index (χ1) is 8.90. The van der Waals surface area contributed by atoms with Crippen LogP contribution in [-0.2, 0) is 13.1 Å². The second-order valence-corrected chi connectivity index (χ2v) is 5.07. The second kappa shape index (κ2) is 7.54. The number of hydrogen-bond donors (Lipinski definition) is 1. The molecule has 1 aliphatic heterocycles. The molecule has 0 bridgehead atoms. The maximum absolute atomic E-state index is 4.28. The van der Waals surface area contributed by atoms with Gasteiger partial charge >= 0.3 is 0 Å². The molecule has 0 atom stereocenters. The smallest absolute Gasteiger partial charge is 0.0521 e. The Kier molecular flexibility index (Phi) is 5.68. The third kappa shape index (κ3) is 4.10. The Morgan fingerprint density at radius 1 is 1.22 bits per heavy atom. The van der Waals surface area contributed by atoms with Crippen molar-refractivity contribution in [2.45, 2.75) is 45.7 Å². The van der Waals surface area contributed by atoms with Crippen LogP contribution in [0.5, 0.6) is 0 Å². The molecule has 1 N–H and O–H groups in total. The van der Waals surface area contributed by atoms with E-state index in [0.717, 1.165) is 19.6 Å². The first kappa shape index (κ1) is 13.6. The van der Waals surface area contributed by atoms with Crippen molar-refractivity contribution in [3.05, 3.63) is 18.0 Å². The summed E-state index contributed by atoms with van der Waals surface area (Å²) in [4.78, 5) is 2.59. The van der Waals surface area contributed by atoms with Crippen LogP contribution in [0.3, 0.4) is 0 Å². The molecule has 0 saturated carbocycles. The molecule has 0 amide bonds.